The molecule has 2 heteroatoms. The average molecular weight is 89.2 g/mol. The van der Waals surface area contributed by atoms with E-state index in [1.807, 2.05) is 0 Å². The lowest BCUT2D eigenvalue weighted by atomic mass is 10.3. The molecular weight excluding hydrogens is 76.1 g/mol. The summed E-state index contributed by atoms with van der Waals surface area (Å²) in [5, 5.41) is 0. The Kier molecular flexibility index (Phi) is 3.35. The molecule has 6 heavy (non-hydrogen) atoms. The van der Waals surface area contributed by atoms with Crippen LogP contribution in [0.25, 0.3) is 0 Å². The van der Waals surface area contributed by atoms with E-state index in [0.717, 1.165) is 12.8 Å². The zero-order chi connectivity index (χ0) is 5.70. The van der Waals surface area contributed by atoms with Gasteiger partial charge in [0.05, 0.1) is 0 Å². The summed E-state index contributed by atoms with van der Waals surface area (Å²) in [7, 11) is 0. The van der Waals surface area contributed by atoms with E-state index in [0.29, 0.717) is 6.54 Å². The average Bonchev–Trinajstić information content (AvgIpc) is 1.61. The van der Waals surface area contributed by atoms with E-state index in [2.05, 4.69) is 0 Å². The lowest BCUT2D eigenvalue weighted by Gasteiger charge is -1.87. The van der Waals surface area contributed by atoms with E-state index in [1.165, 1.54) is 0 Å². The van der Waals surface area contributed by atoms with Gasteiger partial charge in [-0.1, -0.05) is 0 Å². The molecule has 0 unspecified atom stereocenters. The minimum absolute atomic E-state index is 0.427. The van der Waals surface area contributed by atoms with Crippen LogP contribution < -0.4 is 11.5 Å². The summed E-state index contributed by atoms with van der Waals surface area (Å²) in [4.78, 5) is 0. The van der Waals surface area contributed by atoms with Crippen molar-refractivity contribution >= 4 is 0 Å². The molecule has 0 radical (unpaired) electrons. The molecule has 0 aromatic rings. The highest BCUT2D eigenvalue weighted by Crippen LogP contribution is 1.77. The summed E-state index contributed by atoms with van der Waals surface area (Å²) in [5.74, 6) is 0. The summed E-state index contributed by atoms with van der Waals surface area (Å²) >= 11 is 0. The van der Waals surface area contributed by atoms with Gasteiger partial charge in [0.1, 0.15) is 0 Å². The van der Waals surface area contributed by atoms with Crippen LogP contribution in [-0.4, -0.2) is 13.1 Å². The second-order valence-electron chi connectivity index (χ2n) is 1.17. The van der Waals surface area contributed by atoms with Gasteiger partial charge in [-0.15, -0.1) is 0 Å². The maximum absolute atomic E-state index is 6.80. The summed E-state index contributed by atoms with van der Waals surface area (Å²) in [6, 6.07) is 0. The molecule has 0 rings (SSSR count). The lowest BCUT2D eigenvalue weighted by Crippen LogP contribution is -2.03. The Bertz CT molecular complexity index is 38.7. The quantitative estimate of drug-likeness (QED) is 0.498. The third-order valence-electron chi connectivity index (χ3n) is 0.575. The Hall–Kier alpha value is -0.0800. The SMILES string of the molecule is [2H][C@@H](N)CCCN. The minimum Gasteiger partial charge on any atom is -0.330 e. The molecule has 0 spiro atoms. The third kappa shape index (κ3) is 3.92. The van der Waals surface area contributed by atoms with Crippen molar-refractivity contribution in [1.82, 2.24) is 0 Å². The monoisotopic (exact) mass is 89.1 g/mol. The number of hydrogen-bond donors (Lipinski definition) is 2. The number of hydrogen-bond acceptors (Lipinski definition) is 2. The summed E-state index contributed by atoms with van der Waals surface area (Å²) in [6.45, 7) is 0.218. The Morgan fingerprint density at radius 1 is 1.33 bits per heavy atom. The van der Waals surface area contributed by atoms with Crippen molar-refractivity contribution in [3.63, 3.8) is 0 Å². The Labute approximate surface area is 39.9 Å². The molecule has 0 aliphatic carbocycles. The second kappa shape index (κ2) is 4.92. The van der Waals surface area contributed by atoms with Crippen molar-refractivity contribution in [2.75, 3.05) is 13.1 Å². The van der Waals surface area contributed by atoms with Crippen molar-refractivity contribution in [2.45, 2.75) is 12.8 Å². The zero-order valence-corrected chi connectivity index (χ0v) is 3.85. The molecule has 0 amide bonds. The molecule has 0 aromatic carbocycles. The molecule has 0 aliphatic rings. The molecule has 0 aliphatic heterocycles. The van der Waals surface area contributed by atoms with Crippen molar-refractivity contribution in [3.8, 4) is 0 Å². The van der Waals surface area contributed by atoms with Gasteiger partial charge in [0.2, 0.25) is 0 Å². The zero-order valence-electron chi connectivity index (χ0n) is 4.85. The molecule has 2 nitrogen and oxygen atoms in total. The Balaban J connectivity index is 2.68. The first kappa shape index (κ1) is 4.09. The van der Waals surface area contributed by atoms with E-state index in [9.17, 15) is 0 Å². The van der Waals surface area contributed by atoms with Crippen LogP contribution in [0.4, 0.5) is 0 Å². The van der Waals surface area contributed by atoms with Gasteiger partial charge in [0, 0.05) is 1.37 Å². The summed E-state index contributed by atoms with van der Waals surface area (Å²) < 4.78 is 6.80. The van der Waals surface area contributed by atoms with E-state index in [-0.39, 0.29) is 0 Å². The van der Waals surface area contributed by atoms with Crippen molar-refractivity contribution in [3.05, 3.63) is 0 Å². The molecule has 0 fully saturated rings. The molecule has 38 valence electrons. The highest BCUT2D eigenvalue weighted by atomic mass is 14.5. The van der Waals surface area contributed by atoms with Crippen LogP contribution >= 0.6 is 0 Å². The van der Waals surface area contributed by atoms with Gasteiger partial charge in [-0.25, -0.2) is 0 Å². The Morgan fingerprint density at radius 3 is 2.17 bits per heavy atom. The number of nitrogens with two attached hydrogens (primary N) is 2. The van der Waals surface area contributed by atoms with Crippen molar-refractivity contribution in [2.24, 2.45) is 11.5 Å². The van der Waals surface area contributed by atoms with E-state index in [1.54, 1.807) is 0 Å². The van der Waals surface area contributed by atoms with Gasteiger partial charge in [-0.05, 0) is 25.9 Å². The fourth-order valence-electron chi connectivity index (χ4n) is 0.236. The first-order valence-corrected chi connectivity index (χ1v) is 2.15. The second-order valence-corrected chi connectivity index (χ2v) is 1.17. The highest BCUT2D eigenvalue weighted by molar-refractivity contribution is 4.38. The van der Waals surface area contributed by atoms with E-state index < -0.39 is 6.52 Å². The van der Waals surface area contributed by atoms with E-state index in [4.69, 9.17) is 12.8 Å². The highest BCUT2D eigenvalue weighted by Gasteiger charge is 1.75. The van der Waals surface area contributed by atoms with Crippen LogP contribution in [0.1, 0.15) is 14.2 Å². The predicted molar refractivity (Wildman–Crippen MR) is 27.3 cm³/mol. The fraction of sp³-hybridized carbons (Fsp3) is 1.00. The first-order valence-electron chi connectivity index (χ1n) is 2.73. The van der Waals surface area contributed by atoms with Crippen LogP contribution in [0.15, 0.2) is 0 Å². The van der Waals surface area contributed by atoms with Crippen LogP contribution in [-0.2, 0) is 0 Å². The molecule has 1 atom stereocenters. The summed E-state index contributed by atoms with van der Waals surface area (Å²) in [6.07, 6.45) is 1.58. The van der Waals surface area contributed by atoms with Gasteiger partial charge < -0.3 is 11.5 Å². The Morgan fingerprint density at radius 2 is 2.00 bits per heavy atom. The summed E-state index contributed by atoms with van der Waals surface area (Å²) in [5.41, 5.74) is 10.2. The maximum atomic E-state index is 6.80. The van der Waals surface area contributed by atoms with Gasteiger partial charge in [-0.2, -0.15) is 0 Å². The molecule has 4 N–H and O–H groups in total. The van der Waals surface area contributed by atoms with Crippen LogP contribution in [0.2, 0.25) is 0 Å². The lowest BCUT2D eigenvalue weighted by molar-refractivity contribution is 0.755. The van der Waals surface area contributed by atoms with Crippen LogP contribution in [0.5, 0.6) is 0 Å². The fourth-order valence-corrected chi connectivity index (χ4v) is 0.236. The molecule has 0 aromatic heterocycles. The predicted octanol–water partition coefficient (Wildman–Crippen LogP) is -0.316. The van der Waals surface area contributed by atoms with Crippen LogP contribution in [0, 0.1) is 0 Å². The molecular formula is C4H12N2. The minimum atomic E-state index is -0.427. The third-order valence-corrected chi connectivity index (χ3v) is 0.575. The maximum Gasteiger partial charge on any atom is 0.0425 e. The van der Waals surface area contributed by atoms with Gasteiger partial charge >= 0.3 is 0 Å². The normalized spacial score (nSPS) is 16.7. The standard InChI is InChI=1S/C4H12N2/c5-3-1-2-4-6/h1-6H2/i3D/t3-/m1/s1. The van der Waals surface area contributed by atoms with E-state index >= 15 is 0 Å². The van der Waals surface area contributed by atoms with Crippen molar-refractivity contribution < 1.29 is 1.37 Å². The topological polar surface area (TPSA) is 52.0 Å². The van der Waals surface area contributed by atoms with Crippen molar-refractivity contribution in [1.29, 1.82) is 0 Å². The van der Waals surface area contributed by atoms with Gasteiger partial charge in [0.15, 0.2) is 0 Å². The molecule has 0 saturated heterocycles. The number of rotatable bonds is 3. The molecule has 0 heterocycles. The first-order chi connectivity index (χ1) is 3.27. The largest absolute Gasteiger partial charge is 0.330 e. The van der Waals surface area contributed by atoms with Gasteiger partial charge in [0.25, 0.3) is 0 Å². The van der Waals surface area contributed by atoms with Crippen LogP contribution in [0.3, 0.4) is 0 Å². The molecule has 0 bridgehead atoms. The smallest absolute Gasteiger partial charge is 0.0425 e. The molecule has 0 saturated carbocycles. The van der Waals surface area contributed by atoms with Gasteiger partial charge in [-0.3, -0.25) is 0 Å².